The van der Waals surface area contributed by atoms with Gasteiger partial charge in [-0.25, -0.2) is 4.99 Å². The van der Waals surface area contributed by atoms with E-state index in [2.05, 4.69) is 52.3 Å². The number of nitrogens with one attached hydrogen (secondary N) is 3. The van der Waals surface area contributed by atoms with Crippen molar-refractivity contribution in [2.75, 3.05) is 19.6 Å². The summed E-state index contributed by atoms with van der Waals surface area (Å²) in [4.78, 5) is 18.0. The molecule has 146 valence electrons. The van der Waals surface area contributed by atoms with Gasteiger partial charge in [0.05, 0.1) is 6.54 Å². The van der Waals surface area contributed by atoms with Crippen LogP contribution in [0.15, 0.2) is 46.8 Å². The Kier molecular flexibility index (Phi) is 9.41. The van der Waals surface area contributed by atoms with Crippen LogP contribution in [-0.2, 0) is 13.0 Å². The average molecular weight is 387 g/mol. The molecule has 1 aromatic heterocycles. The second-order valence-corrected chi connectivity index (χ2v) is 7.29. The highest BCUT2D eigenvalue weighted by atomic mass is 32.1. The third-order valence-electron chi connectivity index (χ3n) is 4.04. The number of carbonyl (C=O) groups is 1. The van der Waals surface area contributed by atoms with E-state index in [1.54, 1.807) is 11.3 Å². The Bertz CT molecular complexity index is 695. The summed E-state index contributed by atoms with van der Waals surface area (Å²) in [5.74, 6) is 0.803. The number of hydrogen-bond donors (Lipinski definition) is 3. The molecule has 0 radical (unpaired) electrons. The second-order valence-electron chi connectivity index (χ2n) is 6.26. The molecule has 0 saturated heterocycles. The van der Waals surface area contributed by atoms with E-state index in [0.29, 0.717) is 12.1 Å². The maximum Gasteiger partial charge on any atom is 0.251 e. The van der Waals surface area contributed by atoms with Crippen LogP contribution >= 0.6 is 11.3 Å². The maximum absolute atomic E-state index is 12.0. The standard InChI is InChI=1S/C21H30N4OS/c1-3-5-13-23-20(26)18-10-8-17(9-11-18)16-25-21(22-4-2)24-14-12-19-7-6-15-27-19/h6-11,15H,3-5,12-14,16H2,1-2H3,(H,23,26)(H2,22,24,25). The molecule has 1 heterocycles. The van der Waals surface area contributed by atoms with Gasteiger partial charge in [-0.15, -0.1) is 11.3 Å². The molecule has 2 rings (SSSR count). The smallest absolute Gasteiger partial charge is 0.251 e. The highest BCUT2D eigenvalue weighted by Gasteiger charge is 2.04. The molecule has 3 N–H and O–H groups in total. The molecule has 6 heteroatoms. The Hall–Kier alpha value is -2.34. The molecule has 1 amide bonds. The minimum absolute atomic E-state index is 0.0120. The summed E-state index contributed by atoms with van der Waals surface area (Å²) in [5, 5.41) is 11.7. The van der Waals surface area contributed by atoms with E-state index in [-0.39, 0.29) is 5.91 Å². The van der Waals surface area contributed by atoms with E-state index in [0.717, 1.165) is 50.4 Å². The number of guanidine groups is 1. The van der Waals surface area contributed by atoms with Crippen LogP contribution in [0.5, 0.6) is 0 Å². The number of hydrogen-bond acceptors (Lipinski definition) is 3. The van der Waals surface area contributed by atoms with Crippen molar-refractivity contribution in [1.29, 1.82) is 0 Å². The summed E-state index contributed by atoms with van der Waals surface area (Å²) in [6, 6.07) is 11.9. The average Bonchev–Trinajstić information content (AvgIpc) is 3.20. The number of rotatable bonds is 10. The van der Waals surface area contributed by atoms with Gasteiger partial charge in [0, 0.05) is 30.1 Å². The SMILES string of the molecule is CCCCNC(=O)c1ccc(CN=C(NCC)NCCc2cccs2)cc1. The Morgan fingerprint density at radius 1 is 1.04 bits per heavy atom. The molecule has 27 heavy (non-hydrogen) atoms. The van der Waals surface area contributed by atoms with Crippen LogP contribution < -0.4 is 16.0 Å². The fourth-order valence-corrected chi connectivity index (χ4v) is 3.22. The van der Waals surface area contributed by atoms with Crippen molar-refractivity contribution in [3.8, 4) is 0 Å². The number of nitrogens with zero attached hydrogens (tertiary/aromatic N) is 1. The van der Waals surface area contributed by atoms with Gasteiger partial charge in [0.1, 0.15) is 0 Å². The van der Waals surface area contributed by atoms with Crippen molar-refractivity contribution in [3.05, 3.63) is 57.8 Å². The van der Waals surface area contributed by atoms with Gasteiger partial charge in [-0.3, -0.25) is 4.79 Å². The predicted octanol–water partition coefficient (Wildman–Crippen LogP) is 3.58. The van der Waals surface area contributed by atoms with Gasteiger partial charge in [-0.2, -0.15) is 0 Å². The molecule has 0 saturated carbocycles. The molecule has 0 aliphatic heterocycles. The van der Waals surface area contributed by atoms with E-state index >= 15 is 0 Å². The second kappa shape index (κ2) is 12.1. The van der Waals surface area contributed by atoms with Gasteiger partial charge in [0.15, 0.2) is 5.96 Å². The molecule has 1 aromatic carbocycles. The molecule has 0 unspecified atom stereocenters. The third kappa shape index (κ3) is 7.83. The summed E-state index contributed by atoms with van der Waals surface area (Å²) in [5.41, 5.74) is 1.77. The summed E-state index contributed by atoms with van der Waals surface area (Å²) in [7, 11) is 0. The summed E-state index contributed by atoms with van der Waals surface area (Å²) >= 11 is 1.77. The fourth-order valence-electron chi connectivity index (χ4n) is 2.51. The molecule has 0 aliphatic rings. The lowest BCUT2D eigenvalue weighted by Crippen LogP contribution is -2.38. The Balaban J connectivity index is 1.84. The quantitative estimate of drug-likeness (QED) is 0.332. The van der Waals surface area contributed by atoms with Crippen LogP contribution in [0.1, 0.15) is 47.5 Å². The number of unbranched alkanes of at least 4 members (excludes halogenated alkanes) is 1. The zero-order valence-corrected chi connectivity index (χ0v) is 17.1. The first-order chi connectivity index (χ1) is 13.2. The highest BCUT2D eigenvalue weighted by molar-refractivity contribution is 7.09. The third-order valence-corrected chi connectivity index (χ3v) is 4.98. The van der Waals surface area contributed by atoms with E-state index in [1.807, 2.05) is 24.3 Å². The molecular formula is C21H30N4OS. The first-order valence-corrected chi connectivity index (χ1v) is 10.5. The zero-order valence-electron chi connectivity index (χ0n) is 16.3. The van der Waals surface area contributed by atoms with E-state index in [1.165, 1.54) is 4.88 Å². The van der Waals surface area contributed by atoms with E-state index in [4.69, 9.17) is 0 Å². The van der Waals surface area contributed by atoms with Crippen LogP contribution in [-0.4, -0.2) is 31.5 Å². The minimum atomic E-state index is -0.0120. The normalized spacial score (nSPS) is 11.3. The van der Waals surface area contributed by atoms with Crippen molar-refractivity contribution in [1.82, 2.24) is 16.0 Å². The number of thiophene rings is 1. The maximum atomic E-state index is 12.0. The lowest BCUT2D eigenvalue weighted by Gasteiger charge is -2.11. The van der Waals surface area contributed by atoms with E-state index < -0.39 is 0 Å². The Morgan fingerprint density at radius 2 is 1.85 bits per heavy atom. The number of amides is 1. The summed E-state index contributed by atoms with van der Waals surface area (Å²) in [6.07, 6.45) is 3.07. The van der Waals surface area contributed by atoms with Gasteiger partial charge in [-0.05, 0) is 48.9 Å². The van der Waals surface area contributed by atoms with E-state index in [9.17, 15) is 4.79 Å². The van der Waals surface area contributed by atoms with Crippen molar-refractivity contribution in [2.24, 2.45) is 4.99 Å². The predicted molar refractivity (Wildman–Crippen MR) is 115 cm³/mol. The van der Waals surface area contributed by atoms with Crippen LogP contribution in [0.4, 0.5) is 0 Å². The molecule has 0 aliphatic carbocycles. The lowest BCUT2D eigenvalue weighted by molar-refractivity contribution is 0.0953. The van der Waals surface area contributed by atoms with Gasteiger partial charge in [-0.1, -0.05) is 31.5 Å². The molecule has 0 atom stereocenters. The van der Waals surface area contributed by atoms with Crippen LogP contribution in [0.25, 0.3) is 0 Å². The number of carbonyl (C=O) groups excluding carboxylic acids is 1. The van der Waals surface area contributed by atoms with Crippen molar-refractivity contribution >= 4 is 23.2 Å². The Morgan fingerprint density at radius 3 is 2.52 bits per heavy atom. The minimum Gasteiger partial charge on any atom is -0.357 e. The van der Waals surface area contributed by atoms with Crippen molar-refractivity contribution < 1.29 is 4.79 Å². The van der Waals surface area contributed by atoms with Gasteiger partial charge in [0.25, 0.3) is 5.91 Å². The molecular weight excluding hydrogens is 356 g/mol. The summed E-state index contributed by atoms with van der Waals surface area (Å²) in [6.45, 7) is 7.14. The monoisotopic (exact) mass is 386 g/mol. The van der Waals surface area contributed by atoms with Crippen LogP contribution in [0.2, 0.25) is 0 Å². The molecule has 0 spiro atoms. The first kappa shape index (κ1) is 21.0. The zero-order chi connectivity index (χ0) is 19.3. The highest BCUT2D eigenvalue weighted by Crippen LogP contribution is 2.08. The largest absolute Gasteiger partial charge is 0.357 e. The molecule has 2 aromatic rings. The van der Waals surface area contributed by atoms with Crippen LogP contribution in [0.3, 0.4) is 0 Å². The Labute approximate surface area is 166 Å². The number of aliphatic imine (C=N–C) groups is 1. The van der Waals surface area contributed by atoms with Gasteiger partial charge < -0.3 is 16.0 Å². The molecule has 0 bridgehead atoms. The first-order valence-electron chi connectivity index (χ1n) is 9.64. The summed E-state index contributed by atoms with van der Waals surface area (Å²) < 4.78 is 0. The van der Waals surface area contributed by atoms with Crippen molar-refractivity contribution in [3.63, 3.8) is 0 Å². The fraction of sp³-hybridized carbons (Fsp3) is 0.429. The van der Waals surface area contributed by atoms with Gasteiger partial charge in [0.2, 0.25) is 0 Å². The topological polar surface area (TPSA) is 65.5 Å². The van der Waals surface area contributed by atoms with Gasteiger partial charge >= 0.3 is 0 Å². The van der Waals surface area contributed by atoms with Crippen LogP contribution in [0, 0.1) is 0 Å². The van der Waals surface area contributed by atoms with Crippen molar-refractivity contribution in [2.45, 2.75) is 39.7 Å². The number of benzene rings is 1. The molecule has 0 fully saturated rings. The lowest BCUT2D eigenvalue weighted by atomic mass is 10.1. The molecule has 5 nitrogen and oxygen atoms in total.